The van der Waals surface area contributed by atoms with Gasteiger partial charge in [0.2, 0.25) is 0 Å². The second kappa shape index (κ2) is 6.69. The van der Waals surface area contributed by atoms with Gasteiger partial charge in [0.05, 0.1) is 10.5 Å². The lowest BCUT2D eigenvalue weighted by molar-refractivity contribution is -0.115. The van der Waals surface area contributed by atoms with Crippen LogP contribution in [0.1, 0.15) is 45.8 Å². The van der Waals surface area contributed by atoms with Crippen LogP contribution in [0.5, 0.6) is 0 Å². The maximum absolute atomic E-state index is 12.0. The van der Waals surface area contributed by atoms with Crippen molar-refractivity contribution in [3.8, 4) is 11.1 Å². The molecule has 0 atom stereocenters. The molecule has 4 rings (SSSR count). The monoisotopic (exact) mass is 399 g/mol. The van der Waals surface area contributed by atoms with Gasteiger partial charge in [0.25, 0.3) is 5.91 Å². The average Bonchev–Trinajstić information content (AvgIpc) is 3.21. The Morgan fingerprint density at radius 2 is 2.12 bits per heavy atom. The molecule has 1 N–H and O–H groups in total. The van der Waals surface area contributed by atoms with Gasteiger partial charge in [0, 0.05) is 16.3 Å². The second-order valence-electron chi connectivity index (χ2n) is 6.52. The smallest absolute Gasteiger partial charge is 0.263 e. The highest BCUT2D eigenvalue weighted by atomic mass is 32.2. The molecule has 0 aromatic carbocycles. The van der Waals surface area contributed by atoms with Crippen LogP contribution in [-0.4, -0.2) is 14.8 Å². The number of aryl methyl sites for hydroxylation is 2. The first-order valence-electron chi connectivity index (χ1n) is 8.48. The zero-order valence-corrected chi connectivity index (χ0v) is 17.0. The number of thiocarbonyl (C=S) groups is 1. The van der Waals surface area contributed by atoms with E-state index >= 15 is 0 Å². The van der Waals surface area contributed by atoms with Crippen LogP contribution in [0.15, 0.2) is 11.0 Å². The van der Waals surface area contributed by atoms with Gasteiger partial charge in [0.1, 0.15) is 15.4 Å². The third-order valence-electron chi connectivity index (χ3n) is 4.87. The molecule has 1 aliphatic carbocycles. The van der Waals surface area contributed by atoms with Crippen molar-refractivity contribution < 1.29 is 4.79 Å². The lowest BCUT2D eigenvalue weighted by Crippen LogP contribution is -2.17. The third-order valence-corrected chi connectivity index (χ3v) is 7.31. The molecule has 1 fully saturated rings. The molecule has 26 heavy (non-hydrogen) atoms. The number of rotatable bonds is 2. The highest BCUT2D eigenvalue weighted by Crippen LogP contribution is 2.38. The number of fused-ring (bicyclic) bond motifs is 1. The number of thiophene rings is 1. The summed E-state index contributed by atoms with van der Waals surface area (Å²) in [5.41, 5.74) is 5.15. The Morgan fingerprint density at radius 3 is 2.81 bits per heavy atom. The van der Waals surface area contributed by atoms with Crippen LogP contribution < -0.4 is 5.32 Å². The van der Waals surface area contributed by atoms with Crippen LogP contribution in [0.4, 0.5) is 0 Å². The zero-order chi connectivity index (χ0) is 18.4. The van der Waals surface area contributed by atoms with E-state index < -0.39 is 0 Å². The van der Waals surface area contributed by atoms with Crippen LogP contribution in [-0.2, 0) is 17.6 Å². The fourth-order valence-electron chi connectivity index (χ4n) is 3.63. The average molecular weight is 400 g/mol. The van der Waals surface area contributed by atoms with Crippen molar-refractivity contribution >= 4 is 51.6 Å². The molecule has 132 valence electrons. The van der Waals surface area contributed by atoms with Gasteiger partial charge >= 0.3 is 0 Å². The van der Waals surface area contributed by atoms with Gasteiger partial charge in [-0.2, -0.15) is 5.26 Å². The molecule has 0 saturated carbocycles. The Balaban J connectivity index is 1.83. The Kier molecular flexibility index (Phi) is 4.51. The van der Waals surface area contributed by atoms with Crippen LogP contribution in [0, 0.1) is 25.2 Å². The normalized spacial score (nSPS) is 18.1. The number of hydrogen-bond acceptors (Lipinski definition) is 5. The first-order valence-corrected chi connectivity index (χ1v) is 10.5. The van der Waals surface area contributed by atoms with Crippen molar-refractivity contribution in [2.45, 2.75) is 39.5 Å². The van der Waals surface area contributed by atoms with E-state index in [1.165, 1.54) is 28.6 Å². The molecule has 0 radical (unpaired) electrons. The van der Waals surface area contributed by atoms with E-state index in [1.807, 2.05) is 19.9 Å². The van der Waals surface area contributed by atoms with Gasteiger partial charge in [-0.3, -0.25) is 4.79 Å². The van der Waals surface area contributed by atoms with Crippen molar-refractivity contribution in [1.82, 2.24) is 9.88 Å². The Bertz CT molecular complexity index is 1020. The fourth-order valence-corrected chi connectivity index (χ4v) is 6.12. The highest BCUT2D eigenvalue weighted by molar-refractivity contribution is 8.26. The number of nitriles is 1. The SMILES string of the molecule is Cc1cc(/C=C2/SC(=S)NC2=O)c(C)n1-c1sc2c(c1C#N)CCCC2. The number of amides is 1. The van der Waals surface area contributed by atoms with Crippen LogP contribution in [0.25, 0.3) is 11.1 Å². The summed E-state index contributed by atoms with van der Waals surface area (Å²) >= 11 is 8.09. The van der Waals surface area contributed by atoms with Gasteiger partial charge < -0.3 is 9.88 Å². The zero-order valence-electron chi connectivity index (χ0n) is 14.5. The molecule has 2 aromatic rings. The Hall–Kier alpha value is -1.88. The van der Waals surface area contributed by atoms with E-state index in [1.54, 1.807) is 11.3 Å². The lowest BCUT2D eigenvalue weighted by atomic mass is 9.96. The van der Waals surface area contributed by atoms with Crippen LogP contribution in [0.2, 0.25) is 0 Å². The summed E-state index contributed by atoms with van der Waals surface area (Å²) < 4.78 is 2.65. The van der Waals surface area contributed by atoms with Crippen molar-refractivity contribution in [1.29, 1.82) is 5.26 Å². The number of carbonyl (C=O) groups is 1. The number of thioether (sulfide) groups is 1. The van der Waals surface area contributed by atoms with Gasteiger partial charge in [-0.05, 0) is 62.8 Å². The van der Waals surface area contributed by atoms with Crippen molar-refractivity contribution in [2.75, 3.05) is 0 Å². The van der Waals surface area contributed by atoms with E-state index in [9.17, 15) is 10.1 Å². The molecule has 0 bridgehead atoms. The topological polar surface area (TPSA) is 57.8 Å². The number of hydrogen-bond donors (Lipinski definition) is 1. The fraction of sp³-hybridized carbons (Fsp3) is 0.316. The molecule has 0 spiro atoms. The van der Waals surface area contributed by atoms with Crippen molar-refractivity contribution in [3.05, 3.63) is 43.9 Å². The quantitative estimate of drug-likeness (QED) is 0.601. The van der Waals surface area contributed by atoms with Crippen molar-refractivity contribution in [2.24, 2.45) is 0 Å². The molecule has 0 unspecified atom stereocenters. The molecule has 1 amide bonds. The number of carbonyl (C=O) groups excluding carboxylic acids is 1. The minimum atomic E-state index is -0.144. The maximum atomic E-state index is 12.0. The van der Waals surface area contributed by atoms with Crippen LogP contribution >= 0.6 is 35.3 Å². The van der Waals surface area contributed by atoms with E-state index in [-0.39, 0.29) is 5.91 Å². The summed E-state index contributed by atoms with van der Waals surface area (Å²) in [6.45, 7) is 4.08. The lowest BCUT2D eigenvalue weighted by Gasteiger charge is -2.10. The third kappa shape index (κ3) is 2.82. The molecule has 4 nitrogen and oxygen atoms in total. The molecule has 1 aliphatic heterocycles. The van der Waals surface area contributed by atoms with Crippen molar-refractivity contribution in [3.63, 3.8) is 0 Å². The summed E-state index contributed by atoms with van der Waals surface area (Å²) in [7, 11) is 0. The molecule has 7 heteroatoms. The number of nitrogens with one attached hydrogen (secondary N) is 1. The minimum Gasteiger partial charge on any atom is -0.308 e. The van der Waals surface area contributed by atoms with E-state index in [4.69, 9.17) is 12.2 Å². The minimum absolute atomic E-state index is 0.144. The molecular formula is C19H17N3OS3. The summed E-state index contributed by atoms with van der Waals surface area (Å²) in [5.74, 6) is -0.144. The van der Waals surface area contributed by atoms with E-state index in [2.05, 4.69) is 22.0 Å². The molecule has 3 heterocycles. The van der Waals surface area contributed by atoms with E-state index in [0.29, 0.717) is 9.23 Å². The second-order valence-corrected chi connectivity index (χ2v) is 9.32. The van der Waals surface area contributed by atoms with Gasteiger partial charge in [0.15, 0.2) is 0 Å². The predicted molar refractivity (Wildman–Crippen MR) is 111 cm³/mol. The Labute approximate surface area is 165 Å². The standard InChI is InChI=1S/C19H17N3OS3/c1-10-7-12(8-16-17(23)21-19(24)26-16)11(2)22(10)18-14(9-20)13-5-3-4-6-15(13)25-18/h7-8H,3-6H2,1-2H3,(H,21,23,24)/b16-8+. The predicted octanol–water partition coefficient (Wildman–Crippen LogP) is 4.39. The van der Waals surface area contributed by atoms with Gasteiger partial charge in [-0.15, -0.1) is 11.3 Å². The Morgan fingerprint density at radius 1 is 1.35 bits per heavy atom. The summed E-state index contributed by atoms with van der Waals surface area (Å²) in [6.07, 6.45) is 6.31. The molecule has 1 saturated heterocycles. The first kappa shape index (κ1) is 17.5. The van der Waals surface area contributed by atoms with Crippen LogP contribution in [0.3, 0.4) is 0 Å². The summed E-state index contributed by atoms with van der Waals surface area (Å²) in [5, 5.41) is 13.4. The molecule has 2 aliphatic rings. The first-order chi connectivity index (χ1) is 12.5. The van der Waals surface area contributed by atoms with Gasteiger partial charge in [-0.1, -0.05) is 24.0 Å². The molecular weight excluding hydrogens is 382 g/mol. The van der Waals surface area contributed by atoms with E-state index in [0.717, 1.165) is 46.8 Å². The van der Waals surface area contributed by atoms with Gasteiger partial charge in [-0.25, -0.2) is 0 Å². The summed E-state index contributed by atoms with van der Waals surface area (Å²) in [6, 6.07) is 4.51. The number of nitrogens with zero attached hydrogens (tertiary/aromatic N) is 2. The largest absolute Gasteiger partial charge is 0.308 e. The maximum Gasteiger partial charge on any atom is 0.263 e. The highest BCUT2D eigenvalue weighted by Gasteiger charge is 2.25. The number of aromatic nitrogens is 1. The molecule has 2 aromatic heterocycles. The summed E-state index contributed by atoms with van der Waals surface area (Å²) in [4.78, 5) is 13.9.